The topological polar surface area (TPSA) is 6.48 Å². The van der Waals surface area contributed by atoms with Crippen LogP contribution in [-0.4, -0.2) is 12.3 Å². The summed E-state index contributed by atoms with van der Waals surface area (Å²) in [5.74, 6) is 0. The SMILES string of the molecule is CC12CCCCC1(C)N1c3ccccc3B3c4cc5sc6c7ccccc7sc6c5cc4N(c4ccccc4)c4ccc2c1c43. The van der Waals surface area contributed by atoms with Gasteiger partial charge in [0.25, 0.3) is 6.71 Å². The molecule has 2 nitrogen and oxygen atoms in total. The first-order chi connectivity index (χ1) is 22.1. The van der Waals surface area contributed by atoms with E-state index in [2.05, 4.69) is 127 Å². The molecular weight excluding hydrogens is 583 g/mol. The van der Waals surface area contributed by atoms with Gasteiger partial charge in [0.05, 0.1) is 14.9 Å². The second kappa shape index (κ2) is 8.40. The largest absolute Gasteiger partial charge is 0.335 e. The van der Waals surface area contributed by atoms with Gasteiger partial charge in [0.15, 0.2) is 0 Å². The van der Waals surface area contributed by atoms with Crippen LogP contribution in [0.2, 0.25) is 0 Å². The Morgan fingerprint density at radius 1 is 0.644 bits per heavy atom. The predicted molar refractivity (Wildman–Crippen MR) is 197 cm³/mol. The molecule has 1 saturated carbocycles. The van der Waals surface area contributed by atoms with Crippen molar-refractivity contribution in [3.8, 4) is 0 Å². The average Bonchev–Trinajstić information content (AvgIpc) is 3.68. The Bertz CT molecular complexity index is 2410. The van der Waals surface area contributed by atoms with Crippen LogP contribution in [0.5, 0.6) is 0 Å². The molecule has 0 bridgehead atoms. The number of nitrogens with zero attached hydrogens (tertiary/aromatic N) is 2. The summed E-state index contributed by atoms with van der Waals surface area (Å²) < 4.78 is 5.63. The molecule has 2 atom stereocenters. The summed E-state index contributed by atoms with van der Waals surface area (Å²) in [5, 5.41) is 2.78. The molecule has 0 N–H and O–H groups in total. The van der Waals surface area contributed by atoms with Gasteiger partial charge in [-0.05, 0) is 84.2 Å². The predicted octanol–water partition coefficient (Wildman–Crippen LogP) is 9.62. The van der Waals surface area contributed by atoms with Gasteiger partial charge in [0, 0.05) is 54.0 Å². The second-order valence-electron chi connectivity index (χ2n) is 14.0. The third-order valence-corrected chi connectivity index (χ3v) is 14.5. The van der Waals surface area contributed by atoms with Gasteiger partial charge in [-0.1, -0.05) is 80.4 Å². The third-order valence-electron chi connectivity index (χ3n) is 12.0. The molecule has 11 rings (SSSR count). The van der Waals surface area contributed by atoms with Gasteiger partial charge < -0.3 is 9.80 Å². The van der Waals surface area contributed by atoms with Gasteiger partial charge in [-0.3, -0.25) is 0 Å². The van der Waals surface area contributed by atoms with Gasteiger partial charge >= 0.3 is 0 Å². The van der Waals surface area contributed by atoms with E-state index in [9.17, 15) is 0 Å². The molecule has 4 aliphatic rings. The van der Waals surface area contributed by atoms with Crippen LogP contribution in [0.4, 0.5) is 28.4 Å². The smallest absolute Gasteiger partial charge is 0.252 e. The van der Waals surface area contributed by atoms with Crippen LogP contribution in [0.15, 0.2) is 103 Å². The molecule has 3 aliphatic heterocycles. The maximum absolute atomic E-state index is 2.81. The van der Waals surface area contributed by atoms with Crippen molar-refractivity contribution in [2.24, 2.45) is 0 Å². The van der Waals surface area contributed by atoms with E-state index in [1.807, 2.05) is 22.7 Å². The molecule has 5 heteroatoms. The van der Waals surface area contributed by atoms with Crippen LogP contribution in [0.1, 0.15) is 45.1 Å². The Morgan fingerprint density at radius 3 is 2.31 bits per heavy atom. The van der Waals surface area contributed by atoms with E-state index in [1.54, 1.807) is 5.56 Å². The highest BCUT2D eigenvalue weighted by Gasteiger charge is 2.61. The Hall–Kier alpha value is -4.06. The lowest BCUT2D eigenvalue weighted by molar-refractivity contribution is 0.195. The van der Waals surface area contributed by atoms with Gasteiger partial charge in [-0.25, -0.2) is 0 Å². The maximum Gasteiger partial charge on any atom is 0.252 e. The number of anilines is 5. The van der Waals surface area contributed by atoms with Crippen LogP contribution in [-0.2, 0) is 5.41 Å². The van der Waals surface area contributed by atoms with Crippen molar-refractivity contribution >= 4 is 104 Å². The molecule has 2 aromatic heterocycles. The molecule has 0 amide bonds. The monoisotopic (exact) mass is 614 g/mol. The van der Waals surface area contributed by atoms with Gasteiger partial charge in [-0.2, -0.15) is 0 Å². The van der Waals surface area contributed by atoms with E-state index >= 15 is 0 Å². The van der Waals surface area contributed by atoms with Crippen molar-refractivity contribution in [2.45, 2.75) is 50.5 Å². The summed E-state index contributed by atoms with van der Waals surface area (Å²) in [5.41, 5.74) is 12.9. The van der Waals surface area contributed by atoms with Gasteiger partial charge in [0.2, 0.25) is 0 Å². The Balaban J connectivity index is 1.28. The highest BCUT2D eigenvalue weighted by atomic mass is 32.1. The fraction of sp³-hybridized carbons (Fsp3) is 0.200. The van der Waals surface area contributed by atoms with Crippen LogP contribution < -0.4 is 26.2 Å². The fourth-order valence-electron chi connectivity index (χ4n) is 9.75. The zero-order chi connectivity index (χ0) is 29.7. The summed E-state index contributed by atoms with van der Waals surface area (Å²) >= 11 is 3.92. The summed E-state index contributed by atoms with van der Waals surface area (Å²) in [4.78, 5) is 5.39. The maximum atomic E-state index is 2.81. The highest BCUT2D eigenvalue weighted by molar-refractivity contribution is 7.36. The summed E-state index contributed by atoms with van der Waals surface area (Å²) in [6, 6.07) is 39.4. The van der Waals surface area contributed by atoms with Crippen molar-refractivity contribution in [1.82, 2.24) is 0 Å². The van der Waals surface area contributed by atoms with E-state index in [0.29, 0.717) is 0 Å². The molecule has 45 heavy (non-hydrogen) atoms. The molecule has 2 unspecified atom stereocenters. The molecule has 0 saturated heterocycles. The van der Waals surface area contributed by atoms with Crippen LogP contribution in [0, 0.1) is 0 Å². The van der Waals surface area contributed by atoms with E-state index in [-0.39, 0.29) is 17.7 Å². The summed E-state index contributed by atoms with van der Waals surface area (Å²) in [6.07, 6.45) is 5.08. The molecule has 5 aromatic carbocycles. The minimum absolute atomic E-state index is 0.0603. The number of hydrogen-bond acceptors (Lipinski definition) is 4. The molecular formula is C40H31BN2S2. The summed E-state index contributed by atoms with van der Waals surface area (Å²) in [7, 11) is 0. The van der Waals surface area contributed by atoms with Crippen LogP contribution in [0.25, 0.3) is 29.6 Å². The van der Waals surface area contributed by atoms with E-state index in [1.165, 1.54) is 100 Å². The van der Waals surface area contributed by atoms with Crippen molar-refractivity contribution in [3.63, 3.8) is 0 Å². The van der Waals surface area contributed by atoms with Crippen molar-refractivity contribution in [1.29, 1.82) is 0 Å². The van der Waals surface area contributed by atoms with Crippen molar-refractivity contribution < 1.29 is 0 Å². The van der Waals surface area contributed by atoms with E-state index < -0.39 is 0 Å². The molecule has 0 spiro atoms. The number of rotatable bonds is 1. The first kappa shape index (κ1) is 25.2. The van der Waals surface area contributed by atoms with Crippen LogP contribution in [0.3, 0.4) is 0 Å². The lowest BCUT2D eigenvalue weighted by Crippen LogP contribution is -2.64. The Kier molecular flexibility index (Phi) is 4.70. The minimum Gasteiger partial charge on any atom is -0.335 e. The molecule has 1 fully saturated rings. The van der Waals surface area contributed by atoms with Crippen LogP contribution >= 0.6 is 22.7 Å². The minimum atomic E-state index is 0.0603. The Morgan fingerprint density at radius 2 is 1.40 bits per heavy atom. The Labute approximate surface area is 271 Å². The molecule has 216 valence electrons. The molecule has 1 aliphatic carbocycles. The van der Waals surface area contributed by atoms with E-state index in [4.69, 9.17) is 0 Å². The molecule has 5 heterocycles. The average molecular weight is 615 g/mol. The zero-order valence-electron chi connectivity index (χ0n) is 25.4. The van der Waals surface area contributed by atoms with Gasteiger partial charge in [0.1, 0.15) is 0 Å². The van der Waals surface area contributed by atoms with Gasteiger partial charge in [-0.15, -0.1) is 22.7 Å². The number of fused-ring (bicyclic) bond motifs is 13. The number of benzene rings is 5. The van der Waals surface area contributed by atoms with Crippen molar-refractivity contribution in [2.75, 3.05) is 9.80 Å². The second-order valence-corrected chi connectivity index (χ2v) is 16.1. The quantitative estimate of drug-likeness (QED) is 0.170. The first-order valence-electron chi connectivity index (χ1n) is 16.4. The normalized spacial score (nSPS) is 22.6. The zero-order valence-corrected chi connectivity index (χ0v) is 27.1. The lowest BCUT2D eigenvalue weighted by Gasteiger charge is -2.52. The van der Waals surface area contributed by atoms with Crippen molar-refractivity contribution in [3.05, 3.63) is 109 Å². The highest BCUT2D eigenvalue weighted by Crippen LogP contribution is 2.62. The number of thiophene rings is 2. The number of para-hydroxylation sites is 2. The standard InChI is InChI=1S/C40H31BN2S2/c1-39-20-10-11-21-40(39,2)43-30-16-8-7-15-28(30)41-29-23-34-26(38-37(45-34)25-14-6-9-17-33(25)44-38)22-32(29)42(24-12-4-3-5-13-24)31-19-18-27(39)36(43)35(31)41/h3-9,12-19,22-23H,10-11,20-21H2,1-2H3. The fourth-order valence-corrected chi connectivity index (χ4v) is 12.4. The third kappa shape index (κ3) is 2.90. The molecule has 0 radical (unpaired) electrons. The first-order valence-corrected chi connectivity index (χ1v) is 18.0. The van der Waals surface area contributed by atoms with E-state index in [0.717, 1.165) is 0 Å². The lowest BCUT2D eigenvalue weighted by atomic mass is 9.33. The number of hydrogen-bond donors (Lipinski definition) is 0. The molecule has 7 aromatic rings. The summed E-state index contributed by atoms with van der Waals surface area (Å²) in [6.45, 7) is 5.33.